The fourth-order valence-corrected chi connectivity index (χ4v) is 2.33. The molecule has 2 aromatic carbocycles. The Morgan fingerprint density at radius 2 is 1.81 bits per heavy atom. The monoisotopic (exact) mass is 378 g/mol. The number of benzene rings is 2. The van der Waals surface area contributed by atoms with Crippen LogP contribution in [0, 0.1) is 13.8 Å². The van der Waals surface area contributed by atoms with Crippen molar-refractivity contribution in [1.82, 2.24) is 5.32 Å². The molecule has 0 bridgehead atoms. The molecular weight excluding hydrogens is 358 g/mol. The van der Waals surface area contributed by atoms with Crippen molar-refractivity contribution in [3.63, 3.8) is 0 Å². The second-order valence-electron chi connectivity index (χ2n) is 5.79. The first-order valence-corrected chi connectivity index (χ1v) is 8.08. The maximum atomic E-state index is 12.3. The summed E-state index contributed by atoms with van der Waals surface area (Å²) in [5, 5.41) is 5.20. The zero-order valence-corrected chi connectivity index (χ0v) is 15.1. The van der Waals surface area contributed by atoms with Gasteiger partial charge in [-0.15, -0.1) is 0 Å². The van der Waals surface area contributed by atoms with Crippen LogP contribution in [-0.4, -0.2) is 32.1 Å². The van der Waals surface area contributed by atoms with Crippen molar-refractivity contribution >= 4 is 17.5 Å². The van der Waals surface area contributed by atoms with Gasteiger partial charge in [-0.05, 0) is 49.2 Å². The third-order valence-corrected chi connectivity index (χ3v) is 3.72. The number of halogens is 2. The third kappa shape index (κ3) is 5.67. The summed E-state index contributed by atoms with van der Waals surface area (Å²) < 4.78 is 33.9. The number of methoxy groups -OCH3 is 1. The standard InChI is InChI=1S/C19H20F2N2O4/c1-11-4-5-12(2)14(8-11)23-17(24)10-22-18(25)13-6-7-15(27-19(20)21)16(9-13)26-3/h4-9,19H,10H2,1-3H3,(H,22,25)(H,23,24). The summed E-state index contributed by atoms with van der Waals surface area (Å²) in [5.41, 5.74) is 2.72. The Bertz CT molecular complexity index is 840. The van der Waals surface area contributed by atoms with Crippen molar-refractivity contribution in [3.8, 4) is 11.5 Å². The number of anilines is 1. The zero-order chi connectivity index (χ0) is 20.0. The number of nitrogens with one attached hydrogen (secondary N) is 2. The molecule has 2 amide bonds. The molecule has 0 spiro atoms. The molecule has 2 rings (SSSR count). The lowest BCUT2D eigenvalue weighted by Gasteiger charge is -2.12. The van der Waals surface area contributed by atoms with Crippen LogP contribution in [0.1, 0.15) is 21.5 Å². The molecule has 0 fully saturated rings. The number of aryl methyl sites for hydroxylation is 2. The molecule has 0 saturated heterocycles. The van der Waals surface area contributed by atoms with Gasteiger partial charge in [0, 0.05) is 11.3 Å². The van der Waals surface area contributed by atoms with E-state index in [-0.39, 0.29) is 29.5 Å². The van der Waals surface area contributed by atoms with Gasteiger partial charge >= 0.3 is 6.61 Å². The van der Waals surface area contributed by atoms with E-state index in [0.29, 0.717) is 5.69 Å². The topological polar surface area (TPSA) is 76.7 Å². The van der Waals surface area contributed by atoms with E-state index in [2.05, 4.69) is 15.4 Å². The lowest BCUT2D eigenvalue weighted by Crippen LogP contribution is -2.33. The molecule has 27 heavy (non-hydrogen) atoms. The van der Waals surface area contributed by atoms with Crippen LogP contribution in [0.3, 0.4) is 0 Å². The van der Waals surface area contributed by atoms with Gasteiger partial charge in [-0.2, -0.15) is 8.78 Å². The number of carbonyl (C=O) groups is 2. The van der Waals surface area contributed by atoms with E-state index in [9.17, 15) is 18.4 Å². The Kier molecular flexibility index (Phi) is 6.70. The second-order valence-corrected chi connectivity index (χ2v) is 5.79. The van der Waals surface area contributed by atoms with Crippen LogP contribution in [-0.2, 0) is 4.79 Å². The average molecular weight is 378 g/mol. The van der Waals surface area contributed by atoms with Gasteiger partial charge in [0.05, 0.1) is 13.7 Å². The summed E-state index contributed by atoms with van der Waals surface area (Å²) in [5.74, 6) is -1.13. The van der Waals surface area contributed by atoms with Crippen molar-refractivity contribution in [2.24, 2.45) is 0 Å². The van der Waals surface area contributed by atoms with E-state index < -0.39 is 12.5 Å². The summed E-state index contributed by atoms with van der Waals surface area (Å²) in [7, 11) is 1.27. The highest BCUT2D eigenvalue weighted by Gasteiger charge is 2.15. The lowest BCUT2D eigenvalue weighted by atomic mass is 10.1. The first-order chi connectivity index (χ1) is 12.8. The van der Waals surface area contributed by atoms with Crippen molar-refractivity contribution < 1.29 is 27.8 Å². The molecule has 0 saturated carbocycles. The van der Waals surface area contributed by atoms with E-state index in [4.69, 9.17) is 4.74 Å². The fourth-order valence-electron chi connectivity index (χ4n) is 2.33. The molecule has 0 heterocycles. The maximum absolute atomic E-state index is 12.3. The first kappa shape index (κ1) is 20.2. The molecule has 0 radical (unpaired) electrons. The molecule has 6 nitrogen and oxygen atoms in total. The van der Waals surface area contributed by atoms with Gasteiger partial charge < -0.3 is 20.1 Å². The minimum absolute atomic E-state index is 0.0113. The highest BCUT2D eigenvalue weighted by molar-refractivity contribution is 5.99. The summed E-state index contributed by atoms with van der Waals surface area (Å²) >= 11 is 0. The first-order valence-electron chi connectivity index (χ1n) is 8.08. The number of amides is 2. The Labute approximate surface area is 155 Å². The van der Waals surface area contributed by atoms with Gasteiger partial charge in [0.25, 0.3) is 5.91 Å². The Balaban J connectivity index is 1.98. The van der Waals surface area contributed by atoms with Crippen LogP contribution < -0.4 is 20.1 Å². The summed E-state index contributed by atoms with van der Waals surface area (Å²) in [6.45, 7) is 0.519. The van der Waals surface area contributed by atoms with Crippen molar-refractivity contribution in [1.29, 1.82) is 0 Å². The molecule has 0 aliphatic rings. The normalized spacial score (nSPS) is 10.4. The van der Waals surface area contributed by atoms with Crippen molar-refractivity contribution in [3.05, 3.63) is 53.1 Å². The molecule has 144 valence electrons. The molecule has 0 unspecified atom stereocenters. The van der Waals surface area contributed by atoms with Gasteiger partial charge in [-0.3, -0.25) is 9.59 Å². The largest absolute Gasteiger partial charge is 0.493 e. The van der Waals surface area contributed by atoms with Crippen molar-refractivity contribution in [2.75, 3.05) is 19.0 Å². The van der Waals surface area contributed by atoms with Crippen LogP contribution in [0.2, 0.25) is 0 Å². The minimum atomic E-state index is -3.01. The zero-order valence-electron chi connectivity index (χ0n) is 15.1. The van der Waals surface area contributed by atoms with Crippen LogP contribution in [0.25, 0.3) is 0 Å². The van der Waals surface area contributed by atoms with Gasteiger partial charge in [-0.1, -0.05) is 12.1 Å². The number of hydrogen-bond donors (Lipinski definition) is 2. The van der Waals surface area contributed by atoms with Crippen molar-refractivity contribution in [2.45, 2.75) is 20.5 Å². The minimum Gasteiger partial charge on any atom is -0.493 e. The highest BCUT2D eigenvalue weighted by Crippen LogP contribution is 2.29. The number of rotatable bonds is 7. The number of carbonyl (C=O) groups excluding carboxylic acids is 2. The van der Waals surface area contributed by atoms with Gasteiger partial charge in [0.1, 0.15) is 0 Å². The molecular formula is C19H20F2N2O4. The summed E-state index contributed by atoms with van der Waals surface area (Å²) in [6, 6.07) is 9.42. The van der Waals surface area contributed by atoms with E-state index >= 15 is 0 Å². The fraction of sp³-hybridized carbons (Fsp3) is 0.263. The van der Waals surface area contributed by atoms with Gasteiger partial charge in [0.15, 0.2) is 11.5 Å². The highest BCUT2D eigenvalue weighted by atomic mass is 19.3. The van der Waals surface area contributed by atoms with Gasteiger partial charge in [-0.25, -0.2) is 0 Å². The van der Waals surface area contributed by atoms with E-state index in [1.165, 1.54) is 25.3 Å². The predicted octanol–water partition coefficient (Wildman–Crippen LogP) is 3.28. The van der Waals surface area contributed by atoms with Gasteiger partial charge in [0.2, 0.25) is 5.91 Å². The smallest absolute Gasteiger partial charge is 0.387 e. The molecule has 0 aliphatic carbocycles. The molecule has 0 aromatic heterocycles. The molecule has 2 N–H and O–H groups in total. The average Bonchev–Trinajstić information content (AvgIpc) is 2.62. The maximum Gasteiger partial charge on any atom is 0.387 e. The summed E-state index contributed by atoms with van der Waals surface area (Å²) in [6.07, 6.45) is 0. The van der Waals surface area contributed by atoms with Crippen LogP contribution >= 0.6 is 0 Å². The Morgan fingerprint density at radius 3 is 2.48 bits per heavy atom. The number of hydrogen-bond acceptors (Lipinski definition) is 4. The SMILES string of the molecule is COc1cc(C(=O)NCC(=O)Nc2cc(C)ccc2C)ccc1OC(F)F. The quantitative estimate of drug-likeness (QED) is 0.775. The number of ether oxygens (including phenoxy) is 2. The van der Waals surface area contributed by atoms with Crippen LogP contribution in [0.5, 0.6) is 11.5 Å². The number of alkyl halides is 2. The molecule has 8 heteroatoms. The Morgan fingerprint density at radius 1 is 1.07 bits per heavy atom. The Hall–Kier alpha value is -3.16. The second kappa shape index (κ2) is 8.98. The summed E-state index contributed by atoms with van der Waals surface area (Å²) in [4.78, 5) is 24.2. The van der Waals surface area contributed by atoms with E-state index in [1.807, 2.05) is 32.0 Å². The van der Waals surface area contributed by atoms with E-state index in [1.54, 1.807) is 0 Å². The predicted molar refractivity (Wildman–Crippen MR) is 96.5 cm³/mol. The molecule has 0 atom stereocenters. The van der Waals surface area contributed by atoms with Crippen LogP contribution in [0.4, 0.5) is 14.5 Å². The molecule has 2 aromatic rings. The van der Waals surface area contributed by atoms with E-state index in [0.717, 1.165) is 11.1 Å². The third-order valence-electron chi connectivity index (χ3n) is 3.72. The molecule has 0 aliphatic heterocycles. The van der Waals surface area contributed by atoms with Crippen LogP contribution in [0.15, 0.2) is 36.4 Å². The lowest BCUT2D eigenvalue weighted by molar-refractivity contribution is -0.115.